The highest BCUT2D eigenvalue weighted by molar-refractivity contribution is 6.24. The predicted octanol–water partition coefficient (Wildman–Crippen LogP) is -0.411. The van der Waals surface area contributed by atoms with E-state index < -0.39 is 60.0 Å². The molecule has 0 unspecified atom stereocenters. The van der Waals surface area contributed by atoms with Crippen molar-refractivity contribution in [2.45, 2.75) is 60.0 Å². The normalized spacial score (nSPS) is 51.7. The van der Waals surface area contributed by atoms with E-state index in [9.17, 15) is 20.4 Å². The van der Waals surface area contributed by atoms with Gasteiger partial charge in [-0.05, 0) is 0 Å². The summed E-state index contributed by atoms with van der Waals surface area (Å²) in [5.41, 5.74) is 0. The lowest BCUT2D eigenvalue weighted by Gasteiger charge is -2.44. The van der Waals surface area contributed by atoms with Crippen molar-refractivity contribution in [3.8, 4) is 0 Å². The minimum atomic E-state index is -1.49. The summed E-state index contributed by atoms with van der Waals surface area (Å²) in [6, 6.07) is 0. The number of aliphatic hydroxyl groups excluding tert-OH is 4. The van der Waals surface area contributed by atoms with Gasteiger partial charge in [-0.1, -0.05) is 0 Å². The molecule has 0 aromatic carbocycles. The van der Waals surface area contributed by atoms with Gasteiger partial charge in [0.1, 0.15) is 24.4 Å². The van der Waals surface area contributed by atoms with Crippen LogP contribution in [0.15, 0.2) is 0 Å². The molecule has 0 aromatic heterocycles. The van der Waals surface area contributed by atoms with Crippen LogP contribution < -0.4 is 0 Å². The third kappa shape index (κ3) is 4.17. The molecule has 2 saturated heterocycles. The molecule has 2 rings (SSSR count). The third-order valence-corrected chi connectivity index (χ3v) is 5.50. The fourth-order valence-electron chi connectivity index (χ4n) is 2.39. The lowest BCUT2D eigenvalue weighted by atomic mass is 10.0. The molecule has 4 N–H and O–H groups in total. The van der Waals surface area contributed by atoms with Crippen LogP contribution in [0.3, 0.4) is 0 Å². The maximum Gasteiger partial charge on any atom is 0.189 e. The number of ether oxygens (including phenoxy) is 3. The smallest absolute Gasteiger partial charge is 0.189 e. The maximum atomic E-state index is 10.00. The minimum absolute atomic E-state index is 0.0391. The highest BCUT2D eigenvalue weighted by Crippen LogP contribution is 2.31. The number of rotatable bonds is 4. The summed E-state index contributed by atoms with van der Waals surface area (Å²) in [7, 11) is 0. The van der Waals surface area contributed by atoms with Gasteiger partial charge in [-0.2, -0.15) is 0 Å². The molecule has 0 aromatic rings. The molecule has 10 atom stereocenters. The summed E-state index contributed by atoms with van der Waals surface area (Å²) in [5, 5.41) is 38.0. The van der Waals surface area contributed by atoms with Crippen LogP contribution in [0.4, 0.5) is 0 Å². The second kappa shape index (κ2) is 8.51. The van der Waals surface area contributed by atoms with E-state index in [1.165, 1.54) is 0 Å². The van der Waals surface area contributed by atoms with Gasteiger partial charge in [0.25, 0.3) is 0 Å². The molecule has 0 amide bonds. The zero-order chi connectivity index (χ0) is 17.3. The van der Waals surface area contributed by atoms with Crippen molar-refractivity contribution in [3.63, 3.8) is 0 Å². The molecule has 0 aliphatic carbocycles. The first kappa shape index (κ1) is 20.2. The van der Waals surface area contributed by atoms with Crippen LogP contribution in [0.2, 0.25) is 0 Å². The van der Waals surface area contributed by atoms with Crippen LogP contribution in [0.25, 0.3) is 0 Å². The van der Waals surface area contributed by atoms with Crippen LogP contribution in [0, 0.1) is 0 Å². The zero-order valence-corrected chi connectivity index (χ0v) is 14.7. The molecule has 2 fully saturated rings. The average molecular weight is 416 g/mol. The second-order valence-electron chi connectivity index (χ2n) is 5.38. The van der Waals surface area contributed by atoms with Crippen molar-refractivity contribution in [2.24, 2.45) is 0 Å². The van der Waals surface area contributed by atoms with E-state index in [1.807, 2.05) is 0 Å². The molecule has 0 bridgehead atoms. The third-order valence-electron chi connectivity index (χ3n) is 3.81. The van der Waals surface area contributed by atoms with Gasteiger partial charge in [0.05, 0.1) is 34.7 Å². The fraction of sp³-hybridized carbons (Fsp3) is 1.00. The molecule has 2 heterocycles. The van der Waals surface area contributed by atoms with E-state index in [1.54, 1.807) is 0 Å². The average Bonchev–Trinajstić information content (AvgIpc) is 2.55. The topological polar surface area (TPSA) is 109 Å². The van der Waals surface area contributed by atoms with Crippen LogP contribution in [-0.4, -0.2) is 92.1 Å². The van der Waals surface area contributed by atoms with E-state index in [0.29, 0.717) is 0 Å². The highest BCUT2D eigenvalue weighted by atomic mass is 35.5. The quantitative estimate of drug-likeness (QED) is 0.462. The van der Waals surface area contributed by atoms with Gasteiger partial charge in [-0.25, -0.2) is 0 Å². The van der Waals surface area contributed by atoms with Crippen molar-refractivity contribution in [1.29, 1.82) is 0 Å². The Balaban J connectivity index is 2.07. The van der Waals surface area contributed by atoms with Gasteiger partial charge in [0.15, 0.2) is 12.6 Å². The first-order valence-electron chi connectivity index (χ1n) is 6.90. The number of hydrogen-bond donors (Lipinski definition) is 4. The van der Waals surface area contributed by atoms with E-state index in [0.717, 1.165) is 0 Å². The predicted molar refractivity (Wildman–Crippen MR) is 83.2 cm³/mol. The summed E-state index contributed by atoms with van der Waals surface area (Å²) in [5.74, 6) is -0.0782. The number of alkyl halides is 4. The lowest BCUT2D eigenvalue weighted by molar-refractivity contribution is -0.348. The Hall–Kier alpha value is 0.880. The van der Waals surface area contributed by atoms with Crippen LogP contribution >= 0.6 is 46.4 Å². The van der Waals surface area contributed by atoms with E-state index in [-0.39, 0.29) is 11.8 Å². The standard InChI is InChI=1S/C12H18Cl4O7/c13-1-3-5(15)7(17)9(19)11(21-3)23-12-10(20)8(18)6(16)4(2-14)22-12/h3-12,17-20H,1-2H2/t3-,4-,5+,6+,7+,8+,9-,10-,11-,12-/m1/s1. The molecule has 136 valence electrons. The number of halogens is 4. The van der Waals surface area contributed by atoms with Crippen molar-refractivity contribution in [2.75, 3.05) is 11.8 Å². The van der Waals surface area contributed by atoms with Crippen LogP contribution in [0.1, 0.15) is 0 Å². The molecule has 7 nitrogen and oxygen atoms in total. The molecule has 0 radical (unpaired) electrons. The minimum Gasteiger partial charge on any atom is -0.389 e. The van der Waals surface area contributed by atoms with Gasteiger partial charge >= 0.3 is 0 Å². The maximum absolute atomic E-state index is 10.00. The molecule has 0 saturated carbocycles. The molecule has 0 spiro atoms. The van der Waals surface area contributed by atoms with E-state index in [4.69, 9.17) is 60.6 Å². The second-order valence-corrected chi connectivity index (χ2v) is 7.01. The Labute approximate surface area is 152 Å². The Morgan fingerprint density at radius 1 is 0.696 bits per heavy atom. The Morgan fingerprint density at radius 3 is 1.35 bits per heavy atom. The summed E-state index contributed by atoms with van der Waals surface area (Å²) in [6.07, 6.45) is -9.98. The molecular weight excluding hydrogens is 398 g/mol. The molecule has 2 aliphatic heterocycles. The lowest BCUT2D eigenvalue weighted by Crippen LogP contribution is -2.61. The summed E-state index contributed by atoms with van der Waals surface area (Å²) in [4.78, 5) is 0. The van der Waals surface area contributed by atoms with Crippen molar-refractivity contribution in [3.05, 3.63) is 0 Å². The fourth-order valence-corrected chi connectivity index (χ4v) is 3.70. The molecule has 11 heteroatoms. The largest absolute Gasteiger partial charge is 0.389 e. The van der Waals surface area contributed by atoms with Gasteiger partial charge in [-0.15, -0.1) is 46.4 Å². The SMILES string of the molecule is O[C@@H]1[C@@H](O)[C@@H](O[C@H]2O[C@H](CCl)[C@H](Cl)[C@H](O)[C@H]2O)O[C@H](CCl)[C@@H]1Cl. The Bertz CT molecular complexity index is 354. The van der Waals surface area contributed by atoms with Crippen LogP contribution in [-0.2, 0) is 14.2 Å². The van der Waals surface area contributed by atoms with E-state index in [2.05, 4.69) is 0 Å². The van der Waals surface area contributed by atoms with Crippen LogP contribution in [0.5, 0.6) is 0 Å². The van der Waals surface area contributed by atoms with Gasteiger partial charge in [0, 0.05) is 0 Å². The van der Waals surface area contributed by atoms with Gasteiger partial charge in [-0.3, -0.25) is 0 Å². The van der Waals surface area contributed by atoms with Crippen molar-refractivity contribution < 1.29 is 34.6 Å². The zero-order valence-electron chi connectivity index (χ0n) is 11.7. The van der Waals surface area contributed by atoms with E-state index >= 15 is 0 Å². The summed E-state index contributed by atoms with van der Waals surface area (Å²) in [6.45, 7) is 0. The number of aliphatic hydroxyl groups is 4. The first-order chi connectivity index (χ1) is 10.8. The molecular formula is C12H18Cl4O7. The Morgan fingerprint density at radius 2 is 1.04 bits per heavy atom. The van der Waals surface area contributed by atoms with Gasteiger partial charge in [0.2, 0.25) is 0 Å². The monoisotopic (exact) mass is 414 g/mol. The van der Waals surface area contributed by atoms with Crippen molar-refractivity contribution in [1.82, 2.24) is 0 Å². The van der Waals surface area contributed by atoms with Crippen molar-refractivity contribution >= 4 is 46.4 Å². The summed E-state index contributed by atoms with van der Waals surface area (Å²) >= 11 is 23.2. The van der Waals surface area contributed by atoms with Gasteiger partial charge < -0.3 is 34.6 Å². The highest BCUT2D eigenvalue weighted by Gasteiger charge is 2.49. The molecule has 2 aliphatic rings. The Kier molecular flexibility index (Phi) is 7.47. The first-order valence-corrected chi connectivity index (χ1v) is 8.84. The summed E-state index contributed by atoms with van der Waals surface area (Å²) < 4.78 is 16.1. The molecule has 23 heavy (non-hydrogen) atoms. The number of hydrogen-bond acceptors (Lipinski definition) is 7.